The van der Waals surface area contributed by atoms with Gasteiger partial charge in [-0.1, -0.05) is 0 Å². The molecular weight excluding hydrogens is 335 g/mol. The van der Waals surface area contributed by atoms with E-state index in [1.807, 2.05) is 0 Å². The van der Waals surface area contributed by atoms with Crippen LogP contribution in [0.1, 0.15) is 16.8 Å². The topological polar surface area (TPSA) is 90.9 Å². The second-order valence-corrected chi connectivity index (χ2v) is 4.55. The average Bonchev–Trinajstić information content (AvgIpc) is 2.78. The van der Waals surface area contributed by atoms with Gasteiger partial charge in [0.15, 0.2) is 5.78 Å². The number of Topliss-reactive ketones (excluding diaryl/α,β-unsaturated/α-hetero) is 1. The number of benzene rings is 1. The van der Waals surface area contributed by atoms with Gasteiger partial charge in [-0.15, -0.1) is 0 Å². The number of aryl methyl sites for hydroxylation is 1. The summed E-state index contributed by atoms with van der Waals surface area (Å²) in [6.07, 6.45) is 0.0742. The summed E-state index contributed by atoms with van der Waals surface area (Å²) in [4.78, 5) is 25.2. The van der Waals surface area contributed by atoms with Crippen molar-refractivity contribution >= 4 is 27.7 Å². The van der Waals surface area contributed by atoms with Gasteiger partial charge in [0.25, 0.3) is 4.73 Å². The second-order valence-electron chi connectivity index (χ2n) is 3.84. The number of nitrogens with zero attached hydrogens (tertiary/aromatic N) is 4. The summed E-state index contributed by atoms with van der Waals surface area (Å²) < 4.78 is 14.1. The lowest BCUT2D eigenvalue weighted by molar-refractivity contribution is -0.394. The molecule has 2 rings (SSSR count). The Morgan fingerprint density at radius 2 is 2.05 bits per heavy atom. The molecule has 104 valence electrons. The van der Waals surface area contributed by atoms with Crippen molar-refractivity contribution in [3.05, 3.63) is 50.5 Å². The van der Waals surface area contributed by atoms with Gasteiger partial charge in [0, 0.05) is 33.0 Å². The maximum absolute atomic E-state index is 12.7. The van der Waals surface area contributed by atoms with Crippen LogP contribution < -0.4 is 0 Å². The van der Waals surface area contributed by atoms with E-state index in [2.05, 4.69) is 26.0 Å². The SMILES string of the molecule is O=C(CCn1nc([N+](=O)[O-])nc1Br)c1ccc(F)cc1. The Morgan fingerprint density at radius 3 is 2.60 bits per heavy atom. The predicted molar refractivity (Wildman–Crippen MR) is 69.7 cm³/mol. The third kappa shape index (κ3) is 3.23. The van der Waals surface area contributed by atoms with Crippen molar-refractivity contribution in [1.82, 2.24) is 14.8 Å². The maximum atomic E-state index is 12.7. The van der Waals surface area contributed by atoms with Crippen LogP contribution in [0.5, 0.6) is 0 Å². The normalized spacial score (nSPS) is 10.5. The summed E-state index contributed by atoms with van der Waals surface area (Å²) in [6.45, 7) is 0.137. The molecule has 0 spiro atoms. The van der Waals surface area contributed by atoms with Gasteiger partial charge in [-0.2, -0.15) is 4.68 Å². The Hall–Kier alpha value is -2.16. The zero-order valence-corrected chi connectivity index (χ0v) is 11.6. The van der Waals surface area contributed by atoms with Crippen LogP contribution in [0.15, 0.2) is 29.0 Å². The van der Waals surface area contributed by atoms with E-state index in [-0.39, 0.29) is 23.5 Å². The molecule has 0 aliphatic rings. The van der Waals surface area contributed by atoms with Crippen molar-refractivity contribution in [3.63, 3.8) is 0 Å². The lowest BCUT2D eigenvalue weighted by Gasteiger charge is -2.00. The molecule has 0 aliphatic heterocycles. The lowest BCUT2D eigenvalue weighted by atomic mass is 10.1. The van der Waals surface area contributed by atoms with Crippen molar-refractivity contribution in [2.75, 3.05) is 0 Å². The third-order valence-electron chi connectivity index (χ3n) is 2.50. The smallest absolute Gasteiger partial charge is 0.390 e. The largest absolute Gasteiger partial charge is 0.492 e. The average molecular weight is 343 g/mol. The molecule has 1 aromatic carbocycles. The molecule has 0 unspecified atom stereocenters. The predicted octanol–water partition coefficient (Wildman–Crippen LogP) is 2.36. The number of carbonyl (C=O) groups excluding carboxylic acids is 1. The van der Waals surface area contributed by atoms with E-state index >= 15 is 0 Å². The van der Waals surface area contributed by atoms with Gasteiger partial charge in [-0.05, 0) is 34.2 Å². The Balaban J connectivity index is 2.03. The molecule has 0 aliphatic carbocycles. The quantitative estimate of drug-likeness (QED) is 0.472. The number of carbonyl (C=O) groups is 1. The summed E-state index contributed by atoms with van der Waals surface area (Å²) in [7, 11) is 0. The fraction of sp³-hybridized carbons (Fsp3) is 0.182. The minimum Gasteiger partial charge on any atom is -0.390 e. The third-order valence-corrected chi connectivity index (χ3v) is 3.08. The van der Waals surface area contributed by atoms with Gasteiger partial charge in [0.05, 0.1) is 6.54 Å². The van der Waals surface area contributed by atoms with Crippen LogP contribution in [0.25, 0.3) is 0 Å². The first-order valence-corrected chi connectivity index (χ1v) is 6.30. The first-order chi connectivity index (χ1) is 9.47. The van der Waals surface area contributed by atoms with Gasteiger partial charge in [0.2, 0.25) is 0 Å². The minimum absolute atomic E-state index is 0.0742. The molecule has 0 N–H and O–H groups in total. The molecule has 0 atom stereocenters. The van der Waals surface area contributed by atoms with Gasteiger partial charge in [-0.25, -0.2) is 4.39 Å². The summed E-state index contributed by atoms with van der Waals surface area (Å²) in [5.74, 6) is -1.17. The Bertz CT molecular complexity index is 656. The van der Waals surface area contributed by atoms with E-state index < -0.39 is 16.7 Å². The zero-order chi connectivity index (χ0) is 14.7. The van der Waals surface area contributed by atoms with E-state index in [1.165, 1.54) is 28.9 Å². The highest BCUT2D eigenvalue weighted by Crippen LogP contribution is 2.13. The van der Waals surface area contributed by atoms with Gasteiger partial charge < -0.3 is 10.1 Å². The molecule has 0 saturated heterocycles. The number of halogens is 2. The first-order valence-electron chi connectivity index (χ1n) is 5.51. The van der Waals surface area contributed by atoms with Crippen LogP contribution in [0.4, 0.5) is 10.3 Å². The van der Waals surface area contributed by atoms with E-state index in [1.54, 1.807) is 0 Å². The molecule has 1 aromatic heterocycles. The van der Waals surface area contributed by atoms with E-state index in [9.17, 15) is 19.3 Å². The summed E-state index contributed by atoms with van der Waals surface area (Å²) in [5, 5.41) is 14.1. The molecule has 2 aromatic rings. The number of aromatic nitrogens is 3. The van der Waals surface area contributed by atoms with Gasteiger partial charge in [0.1, 0.15) is 5.82 Å². The Morgan fingerprint density at radius 1 is 1.40 bits per heavy atom. The van der Waals surface area contributed by atoms with Crippen molar-refractivity contribution in [1.29, 1.82) is 0 Å². The van der Waals surface area contributed by atoms with Crippen LogP contribution in [0, 0.1) is 15.9 Å². The minimum atomic E-state index is -0.719. The highest BCUT2D eigenvalue weighted by Gasteiger charge is 2.20. The molecule has 7 nitrogen and oxygen atoms in total. The van der Waals surface area contributed by atoms with Crippen molar-refractivity contribution in [2.45, 2.75) is 13.0 Å². The van der Waals surface area contributed by atoms with Crippen molar-refractivity contribution < 1.29 is 14.1 Å². The van der Waals surface area contributed by atoms with Crippen LogP contribution in [-0.2, 0) is 6.54 Å². The fourth-order valence-corrected chi connectivity index (χ4v) is 1.93. The monoisotopic (exact) mass is 342 g/mol. The molecule has 0 amide bonds. The molecule has 0 bridgehead atoms. The lowest BCUT2D eigenvalue weighted by Crippen LogP contribution is -2.08. The second kappa shape index (κ2) is 5.87. The molecule has 0 saturated carbocycles. The van der Waals surface area contributed by atoms with E-state index in [0.717, 1.165) is 0 Å². The van der Waals surface area contributed by atoms with Crippen molar-refractivity contribution in [3.8, 4) is 0 Å². The zero-order valence-electron chi connectivity index (χ0n) is 9.99. The van der Waals surface area contributed by atoms with Crippen LogP contribution in [0.3, 0.4) is 0 Å². The molecule has 0 radical (unpaired) electrons. The first kappa shape index (κ1) is 14.3. The summed E-state index contributed by atoms with van der Waals surface area (Å²) >= 11 is 3.03. The van der Waals surface area contributed by atoms with Crippen LogP contribution in [-0.4, -0.2) is 25.5 Å². The highest BCUT2D eigenvalue weighted by molar-refractivity contribution is 9.10. The highest BCUT2D eigenvalue weighted by atomic mass is 79.9. The van der Waals surface area contributed by atoms with Crippen LogP contribution >= 0.6 is 15.9 Å². The number of hydrogen-bond donors (Lipinski definition) is 0. The fourth-order valence-electron chi connectivity index (χ4n) is 1.52. The van der Waals surface area contributed by atoms with E-state index in [0.29, 0.717) is 5.56 Å². The number of ketones is 1. The summed E-state index contributed by atoms with van der Waals surface area (Å²) in [6, 6.07) is 5.17. The van der Waals surface area contributed by atoms with Crippen LogP contribution in [0.2, 0.25) is 0 Å². The summed E-state index contributed by atoms with van der Waals surface area (Å²) in [5.41, 5.74) is 0.372. The standard InChI is InChI=1S/C11H8BrFN4O3/c12-10-14-11(17(19)20)15-16(10)6-5-9(18)7-1-3-8(13)4-2-7/h1-4H,5-6H2. The van der Waals surface area contributed by atoms with Crippen molar-refractivity contribution in [2.24, 2.45) is 0 Å². The molecule has 20 heavy (non-hydrogen) atoms. The molecular formula is C11H8BrFN4O3. The maximum Gasteiger partial charge on any atom is 0.492 e. The Kier molecular flexibility index (Phi) is 4.18. The molecule has 1 heterocycles. The number of nitro groups is 1. The van der Waals surface area contributed by atoms with Gasteiger partial charge in [-0.3, -0.25) is 4.79 Å². The Labute approximate surface area is 120 Å². The van der Waals surface area contributed by atoms with E-state index in [4.69, 9.17) is 0 Å². The van der Waals surface area contributed by atoms with Gasteiger partial charge >= 0.3 is 5.95 Å². The number of hydrogen-bond acceptors (Lipinski definition) is 5. The molecule has 0 fully saturated rings. The molecule has 9 heteroatoms. The number of rotatable bonds is 5.